The van der Waals surface area contributed by atoms with Gasteiger partial charge in [0.25, 0.3) is 0 Å². The molecule has 2 saturated heterocycles. The van der Waals surface area contributed by atoms with Crippen LogP contribution in [0, 0.1) is 0 Å². The Balaban J connectivity index is 1.31. The van der Waals surface area contributed by atoms with E-state index in [0.29, 0.717) is 6.10 Å². The second-order valence-corrected chi connectivity index (χ2v) is 6.94. The molecule has 0 radical (unpaired) electrons. The van der Waals surface area contributed by atoms with Gasteiger partial charge in [-0.1, -0.05) is 23.7 Å². The van der Waals surface area contributed by atoms with E-state index >= 15 is 0 Å². The van der Waals surface area contributed by atoms with Gasteiger partial charge >= 0.3 is 0 Å². The first kappa shape index (κ1) is 16.3. The van der Waals surface area contributed by atoms with Crippen molar-refractivity contribution < 1.29 is 4.74 Å². The average molecular weight is 323 g/mol. The van der Waals surface area contributed by atoms with Crippen LogP contribution in [0.5, 0.6) is 0 Å². The number of piperazine rings is 1. The standard InChI is InChI=1S/C18H27ClN2O/c19-17-7-5-16(6-8-17)3-1-9-20-10-12-21(13-11-20)15-18-4-2-14-22-18/h5-8,18H,1-4,9-15H2/t18-/m0/s1. The van der Waals surface area contributed by atoms with E-state index < -0.39 is 0 Å². The lowest BCUT2D eigenvalue weighted by Crippen LogP contribution is -2.48. The molecule has 0 unspecified atom stereocenters. The number of halogens is 1. The molecule has 0 spiro atoms. The normalized spacial score (nSPS) is 24.0. The van der Waals surface area contributed by atoms with Gasteiger partial charge in [-0.15, -0.1) is 0 Å². The van der Waals surface area contributed by atoms with Crippen molar-refractivity contribution in [3.05, 3.63) is 34.9 Å². The van der Waals surface area contributed by atoms with E-state index in [2.05, 4.69) is 21.9 Å². The Labute approximate surface area is 139 Å². The van der Waals surface area contributed by atoms with E-state index in [-0.39, 0.29) is 0 Å². The monoisotopic (exact) mass is 322 g/mol. The molecule has 2 heterocycles. The van der Waals surface area contributed by atoms with Crippen molar-refractivity contribution in [2.75, 3.05) is 45.9 Å². The van der Waals surface area contributed by atoms with Gasteiger partial charge in [-0.25, -0.2) is 0 Å². The van der Waals surface area contributed by atoms with Crippen LogP contribution in [-0.4, -0.2) is 61.8 Å². The van der Waals surface area contributed by atoms with Crippen molar-refractivity contribution in [1.29, 1.82) is 0 Å². The van der Waals surface area contributed by atoms with Crippen LogP contribution in [0.2, 0.25) is 5.02 Å². The number of rotatable bonds is 6. The van der Waals surface area contributed by atoms with Gasteiger partial charge in [0, 0.05) is 44.4 Å². The van der Waals surface area contributed by atoms with Crippen LogP contribution in [0.1, 0.15) is 24.8 Å². The van der Waals surface area contributed by atoms with Crippen molar-refractivity contribution in [3.63, 3.8) is 0 Å². The fourth-order valence-electron chi connectivity index (χ4n) is 3.43. The summed E-state index contributed by atoms with van der Waals surface area (Å²) in [6.45, 7) is 8.10. The third-order valence-electron chi connectivity index (χ3n) is 4.80. The van der Waals surface area contributed by atoms with Crippen molar-refractivity contribution in [1.82, 2.24) is 9.80 Å². The lowest BCUT2D eigenvalue weighted by Gasteiger charge is -2.35. The topological polar surface area (TPSA) is 15.7 Å². The van der Waals surface area contributed by atoms with Gasteiger partial charge in [0.05, 0.1) is 6.10 Å². The van der Waals surface area contributed by atoms with Gasteiger partial charge in [-0.05, 0) is 49.9 Å². The number of hydrogen-bond donors (Lipinski definition) is 0. The molecule has 1 aromatic rings. The number of nitrogens with zero attached hydrogens (tertiary/aromatic N) is 2. The van der Waals surface area contributed by atoms with Gasteiger partial charge in [-0.3, -0.25) is 4.90 Å². The summed E-state index contributed by atoms with van der Waals surface area (Å²) < 4.78 is 5.74. The van der Waals surface area contributed by atoms with Gasteiger partial charge in [-0.2, -0.15) is 0 Å². The van der Waals surface area contributed by atoms with Gasteiger partial charge in [0.2, 0.25) is 0 Å². The van der Waals surface area contributed by atoms with E-state index in [9.17, 15) is 0 Å². The third kappa shape index (κ3) is 4.95. The SMILES string of the molecule is Clc1ccc(CCCN2CCN(C[C@@H]3CCCO3)CC2)cc1. The molecule has 22 heavy (non-hydrogen) atoms. The largest absolute Gasteiger partial charge is 0.377 e. The summed E-state index contributed by atoms with van der Waals surface area (Å²) in [6.07, 6.45) is 5.37. The van der Waals surface area contributed by atoms with E-state index in [1.165, 1.54) is 57.5 Å². The zero-order chi connectivity index (χ0) is 15.2. The maximum Gasteiger partial charge on any atom is 0.0702 e. The van der Waals surface area contributed by atoms with Gasteiger partial charge < -0.3 is 9.64 Å². The molecule has 1 atom stereocenters. The summed E-state index contributed by atoms with van der Waals surface area (Å²) in [5.74, 6) is 0. The maximum atomic E-state index is 5.92. The second kappa shape index (κ2) is 8.30. The van der Waals surface area contributed by atoms with Crippen LogP contribution in [0.4, 0.5) is 0 Å². The summed E-state index contributed by atoms with van der Waals surface area (Å²) in [5.41, 5.74) is 1.39. The van der Waals surface area contributed by atoms with E-state index in [4.69, 9.17) is 16.3 Å². The number of benzene rings is 1. The fourth-order valence-corrected chi connectivity index (χ4v) is 3.56. The first-order valence-corrected chi connectivity index (χ1v) is 8.98. The Hall–Kier alpha value is -0.610. The van der Waals surface area contributed by atoms with Crippen LogP contribution in [0.15, 0.2) is 24.3 Å². The second-order valence-electron chi connectivity index (χ2n) is 6.51. The zero-order valence-corrected chi connectivity index (χ0v) is 14.1. The molecule has 0 amide bonds. The fraction of sp³-hybridized carbons (Fsp3) is 0.667. The minimum atomic E-state index is 0.497. The quantitative estimate of drug-likeness (QED) is 0.800. The molecule has 0 bridgehead atoms. The molecule has 0 saturated carbocycles. The number of ether oxygens (including phenoxy) is 1. The zero-order valence-electron chi connectivity index (χ0n) is 13.3. The Bertz CT molecular complexity index is 437. The molecule has 0 aromatic heterocycles. The lowest BCUT2D eigenvalue weighted by atomic mass is 10.1. The molecular weight excluding hydrogens is 296 g/mol. The highest BCUT2D eigenvalue weighted by molar-refractivity contribution is 6.30. The first-order chi connectivity index (χ1) is 10.8. The molecule has 2 aliphatic rings. The highest BCUT2D eigenvalue weighted by Crippen LogP contribution is 2.15. The molecule has 1 aromatic carbocycles. The smallest absolute Gasteiger partial charge is 0.0702 e. The Morgan fingerprint density at radius 1 is 1.05 bits per heavy atom. The van der Waals surface area contributed by atoms with Gasteiger partial charge in [0.15, 0.2) is 0 Å². The van der Waals surface area contributed by atoms with Crippen molar-refractivity contribution in [2.24, 2.45) is 0 Å². The van der Waals surface area contributed by atoms with E-state index in [1.54, 1.807) is 0 Å². The number of hydrogen-bond acceptors (Lipinski definition) is 3. The molecule has 3 nitrogen and oxygen atoms in total. The average Bonchev–Trinajstić information content (AvgIpc) is 3.04. The number of aryl methyl sites for hydroxylation is 1. The third-order valence-corrected chi connectivity index (χ3v) is 5.06. The molecule has 4 heteroatoms. The predicted octanol–water partition coefficient (Wildman–Crippen LogP) is 3.07. The minimum Gasteiger partial charge on any atom is -0.377 e. The van der Waals surface area contributed by atoms with Crippen LogP contribution in [0.25, 0.3) is 0 Å². The van der Waals surface area contributed by atoms with Crippen LogP contribution in [-0.2, 0) is 11.2 Å². The summed E-state index contributed by atoms with van der Waals surface area (Å²) in [5, 5.41) is 0.825. The Kier molecular flexibility index (Phi) is 6.13. The molecule has 3 rings (SSSR count). The molecule has 2 aliphatic heterocycles. The van der Waals surface area contributed by atoms with Crippen LogP contribution >= 0.6 is 11.6 Å². The highest BCUT2D eigenvalue weighted by Gasteiger charge is 2.22. The van der Waals surface area contributed by atoms with E-state index in [1.807, 2.05) is 12.1 Å². The molecule has 0 aliphatic carbocycles. The molecule has 122 valence electrons. The minimum absolute atomic E-state index is 0.497. The molecule has 2 fully saturated rings. The summed E-state index contributed by atoms with van der Waals surface area (Å²) in [6, 6.07) is 8.26. The predicted molar refractivity (Wildman–Crippen MR) is 91.6 cm³/mol. The van der Waals surface area contributed by atoms with E-state index in [0.717, 1.165) is 24.6 Å². The molecule has 0 N–H and O–H groups in total. The van der Waals surface area contributed by atoms with Crippen molar-refractivity contribution in [3.8, 4) is 0 Å². The van der Waals surface area contributed by atoms with Crippen molar-refractivity contribution in [2.45, 2.75) is 31.8 Å². The molecular formula is C18H27ClN2O. The first-order valence-electron chi connectivity index (χ1n) is 8.60. The Morgan fingerprint density at radius 3 is 2.45 bits per heavy atom. The summed E-state index contributed by atoms with van der Waals surface area (Å²) >= 11 is 5.92. The van der Waals surface area contributed by atoms with Gasteiger partial charge in [0.1, 0.15) is 0 Å². The van der Waals surface area contributed by atoms with Crippen molar-refractivity contribution >= 4 is 11.6 Å². The summed E-state index contributed by atoms with van der Waals surface area (Å²) in [4.78, 5) is 5.17. The Morgan fingerprint density at radius 2 is 1.77 bits per heavy atom. The highest BCUT2D eigenvalue weighted by atomic mass is 35.5. The summed E-state index contributed by atoms with van der Waals surface area (Å²) in [7, 11) is 0. The van der Waals surface area contributed by atoms with Crippen LogP contribution in [0.3, 0.4) is 0 Å². The maximum absolute atomic E-state index is 5.92. The lowest BCUT2D eigenvalue weighted by molar-refractivity contribution is 0.0503. The van der Waals surface area contributed by atoms with Crippen LogP contribution < -0.4 is 0 Å².